The van der Waals surface area contributed by atoms with E-state index in [4.69, 9.17) is 9.47 Å². The van der Waals surface area contributed by atoms with Crippen LogP contribution in [0.3, 0.4) is 0 Å². The highest BCUT2D eigenvalue weighted by Crippen LogP contribution is 2.64. The molecule has 1 aromatic carbocycles. The smallest absolute Gasteiger partial charge is 0.429 e. The topological polar surface area (TPSA) is 117 Å². The van der Waals surface area contributed by atoms with Crippen LogP contribution in [0.4, 0.5) is 13.6 Å². The summed E-state index contributed by atoms with van der Waals surface area (Å²) in [6.45, 7) is 9.23. The first-order valence-electron chi connectivity index (χ1n) is 12.6. The molecule has 0 spiro atoms. The largest absolute Gasteiger partial charge is 0.484 e. The third-order valence-electron chi connectivity index (χ3n) is 7.42. The second-order valence-electron chi connectivity index (χ2n) is 11.7. The van der Waals surface area contributed by atoms with E-state index in [1.807, 2.05) is 13.8 Å². The predicted molar refractivity (Wildman–Crippen MR) is 130 cm³/mol. The monoisotopic (exact) mass is 536 g/mol. The fraction of sp³-hybridized carbons (Fsp3) is 0.615. The molecule has 2 N–H and O–H groups in total. The van der Waals surface area contributed by atoms with Gasteiger partial charge in [-0.05, 0) is 44.4 Å². The number of piperidine rings is 1. The molecule has 2 heterocycles. The van der Waals surface area contributed by atoms with Crippen molar-refractivity contribution in [2.75, 3.05) is 26.2 Å². The number of ether oxygens (including phenoxy) is 2. The van der Waals surface area contributed by atoms with Crippen LogP contribution in [0.5, 0.6) is 5.75 Å². The van der Waals surface area contributed by atoms with Gasteiger partial charge >= 0.3 is 6.09 Å². The Balaban J connectivity index is 1.49. The van der Waals surface area contributed by atoms with Crippen LogP contribution < -0.4 is 15.5 Å². The maximum atomic E-state index is 13.6. The molecule has 208 valence electrons. The first-order chi connectivity index (χ1) is 17.7. The molecule has 1 aromatic rings. The van der Waals surface area contributed by atoms with Crippen molar-refractivity contribution in [2.45, 2.75) is 52.7 Å². The zero-order valence-electron chi connectivity index (χ0n) is 22.2. The molecule has 1 aliphatic carbocycles. The number of benzene rings is 1. The summed E-state index contributed by atoms with van der Waals surface area (Å²) in [4.78, 5) is 53.2. The predicted octanol–water partition coefficient (Wildman–Crippen LogP) is 2.23. The van der Waals surface area contributed by atoms with Gasteiger partial charge in [-0.2, -0.15) is 0 Å². The molecule has 0 aromatic heterocycles. The summed E-state index contributed by atoms with van der Waals surface area (Å²) in [5.74, 6) is -3.78. The summed E-state index contributed by atoms with van der Waals surface area (Å²) in [5, 5.41) is 3.71. The van der Waals surface area contributed by atoms with Crippen molar-refractivity contribution in [1.29, 1.82) is 0 Å². The maximum Gasteiger partial charge on any atom is 0.429 e. The molecule has 12 heteroatoms. The third kappa shape index (κ3) is 5.83. The van der Waals surface area contributed by atoms with Gasteiger partial charge in [-0.15, -0.1) is 0 Å². The molecule has 3 aliphatic rings. The fourth-order valence-electron chi connectivity index (χ4n) is 5.40. The van der Waals surface area contributed by atoms with Gasteiger partial charge in [0, 0.05) is 31.3 Å². The van der Waals surface area contributed by atoms with Crippen LogP contribution >= 0.6 is 0 Å². The minimum atomic E-state index is -0.905. The van der Waals surface area contributed by atoms with Gasteiger partial charge in [0.25, 0.3) is 11.8 Å². The number of carbonyl (C=O) groups excluding carboxylic acids is 4. The van der Waals surface area contributed by atoms with Crippen LogP contribution in [0, 0.1) is 34.8 Å². The van der Waals surface area contributed by atoms with Crippen LogP contribution in [-0.2, 0) is 19.1 Å². The van der Waals surface area contributed by atoms with Crippen LogP contribution in [0.25, 0.3) is 0 Å². The number of carbonyl (C=O) groups is 4. The number of hydrogen-bond donors (Lipinski definition) is 2. The van der Waals surface area contributed by atoms with E-state index in [0.717, 1.165) is 17.1 Å². The lowest BCUT2D eigenvalue weighted by Crippen LogP contribution is -2.57. The average Bonchev–Trinajstić information content (AvgIpc) is 3.15. The highest BCUT2D eigenvalue weighted by molar-refractivity contribution is 5.91. The van der Waals surface area contributed by atoms with Crippen LogP contribution in [-0.4, -0.2) is 71.6 Å². The van der Waals surface area contributed by atoms with Crippen molar-refractivity contribution in [3.63, 3.8) is 0 Å². The first-order valence-corrected chi connectivity index (χ1v) is 12.6. The van der Waals surface area contributed by atoms with Gasteiger partial charge in [-0.3, -0.25) is 19.8 Å². The fourth-order valence-corrected chi connectivity index (χ4v) is 5.40. The van der Waals surface area contributed by atoms with Gasteiger partial charge < -0.3 is 19.7 Å². The zero-order chi connectivity index (χ0) is 28.0. The molecule has 2 aliphatic heterocycles. The lowest BCUT2D eigenvalue weighted by atomic mass is 10.0. The van der Waals surface area contributed by atoms with Gasteiger partial charge in [0.1, 0.15) is 29.0 Å². The SMILES string of the molecule is CC(C)(C)OC(=O)N(C[C@@H]1CCNC1=O)NC(=O)[C@@H]1[C@@H]2[C@H](CN1C(=O)COc1cc(F)cc(F)c1)C2(C)C. The molecular formula is C26H34F2N4O6. The van der Waals surface area contributed by atoms with E-state index >= 15 is 0 Å². The molecule has 4 amide bonds. The van der Waals surface area contributed by atoms with Gasteiger partial charge in [-0.25, -0.2) is 18.6 Å². The number of fused-ring (bicyclic) bond motifs is 1. The Morgan fingerprint density at radius 1 is 1.18 bits per heavy atom. The molecule has 1 saturated carbocycles. The summed E-state index contributed by atoms with van der Waals surface area (Å²) in [5.41, 5.74) is 1.56. The quantitative estimate of drug-likeness (QED) is 0.539. The number of likely N-dealkylation sites (tertiary alicyclic amines) is 1. The van der Waals surface area contributed by atoms with Crippen molar-refractivity contribution in [1.82, 2.24) is 20.7 Å². The van der Waals surface area contributed by atoms with Gasteiger partial charge in [0.15, 0.2) is 6.61 Å². The second-order valence-corrected chi connectivity index (χ2v) is 11.7. The van der Waals surface area contributed by atoms with E-state index in [1.54, 1.807) is 20.8 Å². The van der Waals surface area contributed by atoms with Gasteiger partial charge in [-0.1, -0.05) is 13.8 Å². The van der Waals surface area contributed by atoms with Crippen LogP contribution in [0.15, 0.2) is 18.2 Å². The zero-order valence-corrected chi connectivity index (χ0v) is 22.2. The molecule has 0 radical (unpaired) electrons. The van der Waals surface area contributed by atoms with Crippen molar-refractivity contribution >= 4 is 23.8 Å². The number of nitrogens with zero attached hydrogens (tertiary/aromatic N) is 2. The molecule has 2 saturated heterocycles. The normalized spacial score (nSPS) is 25.3. The second kappa shape index (κ2) is 10.0. The molecule has 10 nitrogen and oxygen atoms in total. The average molecular weight is 537 g/mol. The summed E-state index contributed by atoms with van der Waals surface area (Å²) >= 11 is 0. The van der Waals surface area contributed by atoms with Crippen LogP contribution in [0.2, 0.25) is 0 Å². The molecule has 4 atom stereocenters. The highest BCUT2D eigenvalue weighted by atomic mass is 19.1. The number of rotatable bonds is 6. The Labute approximate surface area is 220 Å². The Kier molecular flexibility index (Phi) is 7.28. The summed E-state index contributed by atoms with van der Waals surface area (Å²) < 4.78 is 37.7. The summed E-state index contributed by atoms with van der Waals surface area (Å²) in [6, 6.07) is 1.71. The van der Waals surface area contributed by atoms with E-state index in [-0.39, 0.29) is 35.5 Å². The van der Waals surface area contributed by atoms with Gasteiger partial charge in [0.05, 0.1) is 12.5 Å². The Morgan fingerprint density at radius 2 is 1.84 bits per heavy atom. The van der Waals surface area contributed by atoms with Crippen LogP contribution in [0.1, 0.15) is 41.0 Å². The number of nitrogens with one attached hydrogen (secondary N) is 2. The Bertz CT molecular complexity index is 1120. The number of amides is 4. The lowest BCUT2D eigenvalue weighted by Gasteiger charge is -2.33. The number of hydrogen-bond acceptors (Lipinski definition) is 6. The van der Waals surface area contributed by atoms with Crippen molar-refractivity contribution in [2.24, 2.45) is 23.2 Å². The van der Waals surface area contributed by atoms with Crippen molar-refractivity contribution in [3.05, 3.63) is 29.8 Å². The molecular weight excluding hydrogens is 502 g/mol. The molecule has 0 bridgehead atoms. The molecule has 0 unspecified atom stereocenters. The molecule has 3 fully saturated rings. The van der Waals surface area contributed by atoms with E-state index in [1.165, 1.54) is 4.90 Å². The Hall–Kier alpha value is -3.44. The molecule has 4 rings (SSSR count). The standard InChI is InChI=1S/C26H34F2N4O6/c1-25(2,3)38-24(36)32(11-14-6-7-29-22(14)34)30-23(35)21-20-18(26(20,4)5)12-31(21)19(33)13-37-17-9-15(27)8-16(28)10-17/h8-10,14,18,20-21H,6-7,11-13H2,1-5H3,(H,29,34)(H,30,35)/t14-,18-,20-,21-/m0/s1. The van der Waals surface area contributed by atoms with E-state index in [0.29, 0.717) is 25.6 Å². The summed E-state index contributed by atoms with van der Waals surface area (Å²) in [7, 11) is 0. The van der Waals surface area contributed by atoms with E-state index < -0.39 is 53.7 Å². The minimum absolute atomic E-state index is 0.0596. The first kappa shape index (κ1) is 27.6. The van der Waals surface area contributed by atoms with Crippen molar-refractivity contribution < 1.29 is 37.4 Å². The van der Waals surface area contributed by atoms with Crippen molar-refractivity contribution in [3.8, 4) is 5.75 Å². The number of hydrazine groups is 1. The minimum Gasteiger partial charge on any atom is -0.484 e. The lowest BCUT2D eigenvalue weighted by molar-refractivity contribution is -0.144. The maximum absolute atomic E-state index is 13.6. The highest BCUT2D eigenvalue weighted by Gasteiger charge is 2.69. The third-order valence-corrected chi connectivity index (χ3v) is 7.42. The number of halogens is 2. The summed E-state index contributed by atoms with van der Waals surface area (Å²) in [6.07, 6.45) is -0.317. The molecule has 38 heavy (non-hydrogen) atoms. The van der Waals surface area contributed by atoms with E-state index in [2.05, 4.69) is 10.7 Å². The Morgan fingerprint density at radius 3 is 2.42 bits per heavy atom. The van der Waals surface area contributed by atoms with E-state index in [9.17, 15) is 28.0 Å². The van der Waals surface area contributed by atoms with Gasteiger partial charge in [0.2, 0.25) is 5.91 Å².